The number of rotatable bonds is 7. The predicted octanol–water partition coefficient (Wildman–Crippen LogP) is 0.278. The van der Waals surface area contributed by atoms with E-state index in [-0.39, 0.29) is 24.0 Å². The largest absolute Gasteiger partial charge is 0.508 e. The van der Waals surface area contributed by atoms with Crippen molar-refractivity contribution in [2.24, 2.45) is 17.4 Å². The summed E-state index contributed by atoms with van der Waals surface area (Å²) in [6, 6.07) is 4.88. The number of carbonyl (C=O) groups excluding carboxylic acids is 2. The normalized spacial score (nSPS) is 15.0. The molecule has 0 spiro atoms. The standard InChI is InChI=1S/C15H23N3O3/c1-3-9(2)13(16)15(21)18-12(14(17)20)8-10-4-6-11(19)7-5-10/h4-7,9,12-13,19H,3,8,16H2,1-2H3,(H2,17,20)(H,18,21)/t9-,12+,13-/m1/s1. The van der Waals surface area contributed by atoms with E-state index in [9.17, 15) is 14.7 Å². The molecule has 0 bridgehead atoms. The van der Waals surface area contributed by atoms with Crippen LogP contribution in [-0.2, 0) is 16.0 Å². The summed E-state index contributed by atoms with van der Waals surface area (Å²) in [6.45, 7) is 3.82. The maximum atomic E-state index is 12.0. The molecule has 0 saturated carbocycles. The highest BCUT2D eigenvalue weighted by molar-refractivity contribution is 5.89. The second kappa shape index (κ2) is 7.64. The maximum Gasteiger partial charge on any atom is 0.240 e. The van der Waals surface area contributed by atoms with Crippen LogP contribution in [0.2, 0.25) is 0 Å². The Morgan fingerprint density at radius 3 is 2.33 bits per heavy atom. The van der Waals surface area contributed by atoms with Gasteiger partial charge >= 0.3 is 0 Å². The Morgan fingerprint density at radius 2 is 1.86 bits per heavy atom. The molecule has 0 aliphatic heterocycles. The van der Waals surface area contributed by atoms with Crippen LogP contribution < -0.4 is 16.8 Å². The molecule has 0 radical (unpaired) electrons. The third kappa shape index (κ3) is 5.07. The minimum atomic E-state index is -0.822. The second-order valence-electron chi connectivity index (χ2n) is 5.25. The van der Waals surface area contributed by atoms with Crippen molar-refractivity contribution in [3.8, 4) is 5.75 Å². The number of hydrogen-bond acceptors (Lipinski definition) is 4. The molecule has 0 aliphatic rings. The zero-order valence-electron chi connectivity index (χ0n) is 12.4. The van der Waals surface area contributed by atoms with E-state index in [0.29, 0.717) is 0 Å². The highest BCUT2D eigenvalue weighted by Gasteiger charge is 2.24. The molecule has 0 heterocycles. The van der Waals surface area contributed by atoms with Crippen LogP contribution in [0.25, 0.3) is 0 Å². The predicted molar refractivity (Wildman–Crippen MR) is 80.4 cm³/mol. The number of phenolic OH excluding ortho intramolecular Hbond substituents is 1. The number of primary amides is 1. The van der Waals surface area contributed by atoms with Crippen molar-refractivity contribution in [1.29, 1.82) is 0 Å². The summed E-state index contributed by atoms with van der Waals surface area (Å²) in [5, 5.41) is 11.8. The van der Waals surface area contributed by atoms with Crippen LogP contribution in [0.1, 0.15) is 25.8 Å². The van der Waals surface area contributed by atoms with Gasteiger partial charge in [-0.2, -0.15) is 0 Å². The summed E-state index contributed by atoms with van der Waals surface area (Å²) in [5.41, 5.74) is 11.9. The molecular formula is C15H23N3O3. The SMILES string of the molecule is CC[C@@H](C)[C@@H](N)C(=O)N[C@@H](Cc1ccc(O)cc1)C(N)=O. The van der Waals surface area contributed by atoms with Crippen molar-refractivity contribution < 1.29 is 14.7 Å². The van der Waals surface area contributed by atoms with E-state index in [1.165, 1.54) is 12.1 Å². The van der Waals surface area contributed by atoms with Gasteiger partial charge < -0.3 is 21.9 Å². The monoisotopic (exact) mass is 293 g/mol. The fraction of sp³-hybridized carbons (Fsp3) is 0.467. The minimum absolute atomic E-state index is 0.0206. The third-order valence-corrected chi connectivity index (χ3v) is 3.60. The molecule has 3 atom stereocenters. The van der Waals surface area contributed by atoms with E-state index in [0.717, 1.165) is 12.0 Å². The third-order valence-electron chi connectivity index (χ3n) is 3.60. The Kier molecular flexibility index (Phi) is 6.17. The molecule has 0 aromatic heterocycles. The van der Waals surface area contributed by atoms with Crippen LogP contribution in [0.15, 0.2) is 24.3 Å². The van der Waals surface area contributed by atoms with Crippen molar-refractivity contribution in [3.63, 3.8) is 0 Å². The summed E-state index contributed by atoms with van der Waals surface area (Å²) < 4.78 is 0. The van der Waals surface area contributed by atoms with Crippen LogP contribution in [0.5, 0.6) is 5.75 Å². The van der Waals surface area contributed by atoms with Crippen molar-refractivity contribution in [1.82, 2.24) is 5.32 Å². The van der Waals surface area contributed by atoms with Gasteiger partial charge in [-0.3, -0.25) is 9.59 Å². The number of aromatic hydroxyl groups is 1. The molecular weight excluding hydrogens is 270 g/mol. The summed E-state index contributed by atoms with van der Waals surface area (Å²) in [5.74, 6) is -0.843. The summed E-state index contributed by atoms with van der Waals surface area (Å²) in [7, 11) is 0. The van der Waals surface area contributed by atoms with Crippen LogP contribution in [0.4, 0.5) is 0 Å². The minimum Gasteiger partial charge on any atom is -0.508 e. The number of nitrogens with two attached hydrogens (primary N) is 2. The Balaban J connectivity index is 2.72. The van der Waals surface area contributed by atoms with E-state index in [1.54, 1.807) is 12.1 Å². The fourth-order valence-corrected chi connectivity index (χ4v) is 1.87. The molecule has 1 rings (SSSR count). The zero-order chi connectivity index (χ0) is 16.0. The summed E-state index contributed by atoms with van der Waals surface area (Å²) >= 11 is 0. The van der Waals surface area contributed by atoms with Gasteiger partial charge in [-0.15, -0.1) is 0 Å². The Labute approximate surface area is 124 Å². The van der Waals surface area contributed by atoms with Gasteiger partial charge in [-0.25, -0.2) is 0 Å². The van der Waals surface area contributed by atoms with Crippen molar-refractivity contribution >= 4 is 11.8 Å². The first-order valence-electron chi connectivity index (χ1n) is 6.98. The van der Waals surface area contributed by atoms with Crippen molar-refractivity contribution in [2.45, 2.75) is 38.8 Å². The zero-order valence-corrected chi connectivity index (χ0v) is 12.4. The lowest BCUT2D eigenvalue weighted by atomic mass is 9.98. The average molecular weight is 293 g/mol. The average Bonchev–Trinajstić information content (AvgIpc) is 2.46. The van der Waals surface area contributed by atoms with Gasteiger partial charge in [0.25, 0.3) is 0 Å². The molecule has 6 nitrogen and oxygen atoms in total. The lowest BCUT2D eigenvalue weighted by molar-refractivity contribution is -0.128. The second-order valence-corrected chi connectivity index (χ2v) is 5.25. The van der Waals surface area contributed by atoms with E-state index >= 15 is 0 Å². The van der Waals surface area contributed by atoms with Crippen LogP contribution >= 0.6 is 0 Å². The van der Waals surface area contributed by atoms with Gasteiger partial charge in [0.1, 0.15) is 11.8 Å². The lowest BCUT2D eigenvalue weighted by Crippen LogP contribution is -2.53. The van der Waals surface area contributed by atoms with E-state index < -0.39 is 18.0 Å². The Bertz CT molecular complexity index is 487. The van der Waals surface area contributed by atoms with Gasteiger partial charge in [0.15, 0.2) is 0 Å². The molecule has 1 aromatic rings. The molecule has 0 unspecified atom stereocenters. The highest BCUT2D eigenvalue weighted by Crippen LogP contribution is 2.12. The molecule has 6 heteroatoms. The number of phenols is 1. The van der Waals surface area contributed by atoms with Crippen LogP contribution in [0, 0.1) is 5.92 Å². The van der Waals surface area contributed by atoms with Crippen LogP contribution in [-0.4, -0.2) is 29.0 Å². The summed E-state index contributed by atoms with van der Waals surface area (Å²) in [6.07, 6.45) is 1.03. The number of benzene rings is 1. The molecule has 0 aliphatic carbocycles. The van der Waals surface area contributed by atoms with Gasteiger partial charge in [-0.1, -0.05) is 32.4 Å². The van der Waals surface area contributed by atoms with Gasteiger partial charge in [0.05, 0.1) is 6.04 Å². The number of amides is 2. The van der Waals surface area contributed by atoms with Gasteiger partial charge in [0, 0.05) is 6.42 Å². The van der Waals surface area contributed by atoms with E-state index in [2.05, 4.69) is 5.32 Å². The van der Waals surface area contributed by atoms with E-state index in [1.807, 2.05) is 13.8 Å². The molecule has 21 heavy (non-hydrogen) atoms. The lowest BCUT2D eigenvalue weighted by Gasteiger charge is -2.21. The first kappa shape index (κ1) is 17.0. The number of hydrogen-bond donors (Lipinski definition) is 4. The highest BCUT2D eigenvalue weighted by atomic mass is 16.3. The van der Waals surface area contributed by atoms with Crippen LogP contribution in [0.3, 0.4) is 0 Å². The Morgan fingerprint density at radius 1 is 1.29 bits per heavy atom. The molecule has 0 saturated heterocycles. The number of nitrogens with one attached hydrogen (secondary N) is 1. The van der Waals surface area contributed by atoms with E-state index in [4.69, 9.17) is 11.5 Å². The fourth-order valence-electron chi connectivity index (χ4n) is 1.87. The van der Waals surface area contributed by atoms with Crippen molar-refractivity contribution in [3.05, 3.63) is 29.8 Å². The van der Waals surface area contributed by atoms with Crippen molar-refractivity contribution in [2.75, 3.05) is 0 Å². The van der Waals surface area contributed by atoms with Gasteiger partial charge in [-0.05, 0) is 23.6 Å². The van der Waals surface area contributed by atoms with Gasteiger partial charge in [0.2, 0.25) is 11.8 Å². The quantitative estimate of drug-likeness (QED) is 0.577. The molecule has 6 N–H and O–H groups in total. The molecule has 2 amide bonds. The summed E-state index contributed by atoms with van der Waals surface area (Å²) in [4.78, 5) is 23.5. The maximum absolute atomic E-state index is 12.0. The molecule has 0 fully saturated rings. The first-order valence-corrected chi connectivity index (χ1v) is 6.98. The first-order chi connectivity index (χ1) is 9.85. The topological polar surface area (TPSA) is 118 Å². The molecule has 116 valence electrons. The Hall–Kier alpha value is -2.08. The number of carbonyl (C=O) groups is 2. The molecule has 1 aromatic carbocycles. The smallest absolute Gasteiger partial charge is 0.240 e.